The van der Waals surface area contributed by atoms with Gasteiger partial charge in [-0.1, -0.05) is 0 Å². The average molecular weight is 488 g/mol. The van der Waals surface area contributed by atoms with E-state index in [0.717, 1.165) is 50.3 Å². The molecule has 4 fully saturated rings. The SMILES string of the molecule is C[C@@H](Nc1cc(F)ccc1F)C(=O)N1C2CCC(CC2)[C@H]1C(=O)NC(C#N)C[C@@H]1CCCNC1=O. The zero-order valence-corrected chi connectivity index (χ0v) is 19.7. The summed E-state index contributed by atoms with van der Waals surface area (Å²) in [5.74, 6) is -2.56. The molecule has 5 rings (SSSR count). The van der Waals surface area contributed by atoms with Crippen LogP contribution in [0.25, 0.3) is 0 Å². The molecule has 8 nitrogen and oxygen atoms in total. The van der Waals surface area contributed by atoms with Crippen LogP contribution in [-0.2, 0) is 14.4 Å². The largest absolute Gasteiger partial charge is 0.371 e. The highest BCUT2D eigenvalue weighted by Gasteiger charge is 2.48. The van der Waals surface area contributed by atoms with Crippen molar-refractivity contribution in [3.63, 3.8) is 0 Å². The van der Waals surface area contributed by atoms with Crippen LogP contribution in [0.5, 0.6) is 0 Å². The molecule has 1 aliphatic carbocycles. The lowest BCUT2D eigenvalue weighted by molar-refractivity contribution is -0.154. The Hall–Kier alpha value is -3.22. The van der Waals surface area contributed by atoms with Crippen LogP contribution < -0.4 is 16.0 Å². The van der Waals surface area contributed by atoms with E-state index in [1.165, 1.54) is 0 Å². The first-order valence-electron chi connectivity index (χ1n) is 12.3. The Morgan fingerprint density at radius 3 is 2.66 bits per heavy atom. The number of nitrogens with one attached hydrogen (secondary N) is 3. The van der Waals surface area contributed by atoms with Gasteiger partial charge < -0.3 is 20.9 Å². The van der Waals surface area contributed by atoms with Crippen molar-refractivity contribution in [3.05, 3.63) is 29.8 Å². The topological polar surface area (TPSA) is 114 Å². The third kappa shape index (κ3) is 5.39. The number of carbonyl (C=O) groups excluding carboxylic acids is 3. The molecule has 3 aliphatic heterocycles. The fraction of sp³-hybridized carbons (Fsp3) is 0.600. The molecule has 4 aliphatic rings. The zero-order valence-electron chi connectivity index (χ0n) is 19.7. The quantitative estimate of drug-likeness (QED) is 0.547. The molecule has 1 unspecified atom stereocenters. The van der Waals surface area contributed by atoms with Gasteiger partial charge in [-0.15, -0.1) is 0 Å². The molecule has 3 N–H and O–H groups in total. The van der Waals surface area contributed by atoms with E-state index in [0.29, 0.717) is 13.0 Å². The highest BCUT2D eigenvalue weighted by atomic mass is 19.1. The van der Waals surface area contributed by atoms with Crippen molar-refractivity contribution in [3.8, 4) is 6.07 Å². The van der Waals surface area contributed by atoms with Crippen molar-refractivity contribution < 1.29 is 23.2 Å². The predicted molar refractivity (Wildman–Crippen MR) is 124 cm³/mol. The van der Waals surface area contributed by atoms with E-state index < -0.39 is 35.7 Å². The lowest BCUT2D eigenvalue weighted by Gasteiger charge is -2.51. The van der Waals surface area contributed by atoms with E-state index in [4.69, 9.17) is 0 Å². The molecule has 0 radical (unpaired) electrons. The summed E-state index contributed by atoms with van der Waals surface area (Å²) in [6.45, 7) is 2.18. The summed E-state index contributed by atoms with van der Waals surface area (Å²) in [4.78, 5) is 40.5. The number of benzene rings is 1. The first-order chi connectivity index (χ1) is 16.8. The summed E-state index contributed by atoms with van der Waals surface area (Å²) in [7, 11) is 0. The monoisotopic (exact) mass is 487 g/mol. The first kappa shape index (κ1) is 24.9. The number of hydrogen-bond donors (Lipinski definition) is 3. The van der Waals surface area contributed by atoms with Gasteiger partial charge in [0.15, 0.2) is 0 Å². The highest BCUT2D eigenvalue weighted by Crippen LogP contribution is 2.40. The van der Waals surface area contributed by atoms with E-state index >= 15 is 0 Å². The van der Waals surface area contributed by atoms with Gasteiger partial charge in [-0.3, -0.25) is 14.4 Å². The van der Waals surface area contributed by atoms with Gasteiger partial charge in [0.25, 0.3) is 0 Å². The minimum atomic E-state index is -0.890. The lowest BCUT2D eigenvalue weighted by Crippen LogP contribution is -2.65. The van der Waals surface area contributed by atoms with E-state index in [2.05, 4.69) is 22.0 Å². The molecule has 1 saturated carbocycles. The Morgan fingerprint density at radius 1 is 1.23 bits per heavy atom. The molecule has 4 atom stereocenters. The molecule has 0 spiro atoms. The van der Waals surface area contributed by atoms with Crippen LogP contribution in [0.4, 0.5) is 14.5 Å². The van der Waals surface area contributed by atoms with E-state index in [9.17, 15) is 28.4 Å². The Labute approximate surface area is 203 Å². The molecule has 10 heteroatoms. The second kappa shape index (κ2) is 10.6. The predicted octanol–water partition coefficient (Wildman–Crippen LogP) is 2.46. The van der Waals surface area contributed by atoms with E-state index in [1.807, 2.05) is 0 Å². The van der Waals surface area contributed by atoms with Crippen molar-refractivity contribution in [1.29, 1.82) is 5.26 Å². The fourth-order valence-electron chi connectivity index (χ4n) is 5.68. The second-order valence-corrected chi connectivity index (χ2v) is 9.81. The normalized spacial score (nSPS) is 27.4. The van der Waals surface area contributed by atoms with Gasteiger partial charge >= 0.3 is 0 Å². The Kier molecular flexibility index (Phi) is 7.53. The number of amides is 3. The van der Waals surface area contributed by atoms with Crippen LogP contribution >= 0.6 is 0 Å². The van der Waals surface area contributed by atoms with Crippen LogP contribution in [0.3, 0.4) is 0 Å². The third-order valence-corrected chi connectivity index (χ3v) is 7.47. The van der Waals surface area contributed by atoms with Crippen LogP contribution in [0.2, 0.25) is 0 Å². The van der Waals surface area contributed by atoms with Gasteiger partial charge in [0.2, 0.25) is 17.7 Å². The number of nitriles is 1. The van der Waals surface area contributed by atoms with Gasteiger partial charge in [0.05, 0.1) is 11.8 Å². The number of carbonyl (C=O) groups is 3. The van der Waals surface area contributed by atoms with Crippen molar-refractivity contribution in [2.24, 2.45) is 11.8 Å². The van der Waals surface area contributed by atoms with Crippen molar-refractivity contribution in [2.45, 2.75) is 76.0 Å². The Balaban J connectivity index is 1.47. The van der Waals surface area contributed by atoms with Gasteiger partial charge in [-0.25, -0.2) is 8.78 Å². The molecule has 0 aromatic heterocycles. The fourth-order valence-corrected chi connectivity index (χ4v) is 5.68. The second-order valence-electron chi connectivity index (χ2n) is 9.81. The number of hydrogen-bond acceptors (Lipinski definition) is 5. The lowest BCUT2D eigenvalue weighted by atomic mass is 9.74. The number of fused-ring (bicyclic) bond motifs is 3. The minimum Gasteiger partial charge on any atom is -0.371 e. The summed E-state index contributed by atoms with van der Waals surface area (Å²) in [6.07, 6.45) is 4.85. The van der Waals surface area contributed by atoms with Crippen molar-refractivity contribution in [2.75, 3.05) is 11.9 Å². The van der Waals surface area contributed by atoms with Crippen molar-refractivity contribution in [1.82, 2.24) is 15.5 Å². The standard InChI is InChI=1S/C25H31F2N5O3/c1-14(30-21-12-17(26)6-9-20(21)27)25(35)32-19-7-4-15(5-8-19)22(32)24(34)31-18(13-28)11-16-3-2-10-29-23(16)33/h6,9,12,14-16,18-19,22,30H,2-5,7-8,10-11H2,1H3,(H,29,33)(H,31,34)/t14-,15?,16+,18?,19?,22+/m1/s1. The summed E-state index contributed by atoms with van der Waals surface area (Å²) in [6, 6.07) is 2.46. The van der Waals surface area contributed by atoms with Crippen LogP contribution in [-0.4, -0.2) is 53.3 Å². The number of anilines is 1. The highest BCUT2D eigenvalue weighted by molar-refractivity contribution is 5.92. The molecular formula is C25H31F2N5O3. The summed E-state index contributed by atoms with van der Waals surface area (Å²) >= 11 is 0. The zero-order chi connectivity index (χ0) is 25.1. The molecule has 1 aromatic carbocycles. The van der Waals surface area contributed by atoms with Gasteiger partial charge in [-0.05, 0) is 76.0 Å². The smallest absolute Gasteiger partial charge is 0.245 e. The Bertz CT molecular complexity index is 1020. The number of rotatable bonds is 7. The summed E-state index contributed by atoms with van der Waals surface area (Å²) < 4.78 is 27.7. The number of halogens is 2. The molecule has 35 heavy (non-hydrogen) atoms. The molecular weight excluding hydrogens is 456 g/mol. The maximum Gasteiger partial charge on any atom is 0.245 e. The maximum atomic E-state index is 14.1. The van der Waals surface area contributed by atoms with E-state index in [-0.39, 0.29) is 41.8 Å². The molecule has 3 saturated heterocycles. The summed E-state index contributed by atoms with van der Waals surface area (Å²) in [5.41, 5.74) is -0.121. The molecule has 1 aromatic rings. The van der Waals surface area contributed by atoms with E-state index in [1.54, 1.807) is 11.8 Å². The van der Waals surface area contributed by atoms with Gasteiger partial charge in [-0.2, -0.15) is 5.26 Å². The maximum absolute atomic E-state index is 14.1. The third-order valence-electron chi connectivity index (χ3n) is 7.47. The minimum absolute atomic E-state index is 0.0422. The molecule has 3 amide bonds. The van der Waals surface area contributed by atoms with Gasteiger partial charge in [0.1, 0.15) is 29.8 Å². The average Bonchev–Trinajstić information content (AvgIpc) is 2.86. The first-order valence-corrected chi connectivity index (χ1v) is 12.3. The summed E-state index contributed by atoms with van der Waals surface area (Å²) in [5, 5.41) is 18.0. The van der Waals surface area contributed by atoms with Crippen LogP contribution in [0.1, 0.15) is 51.9 Å². The van der Waals surface area contributed by atoms with Crippen molar-refractivity contribution >= 4 is 23.4 Å². The number of nitrogens with zero attached hydrogens (tertiary/aromatic N) is 2. The molecule has 2 bridgehead atoms. The number of piperidine rings is 3. The van der Waals surface area contributed by atoms with Gasteiger partial charge in [0, 0.05) is 18.5 Å². The molecule has 3 heterocycles. The Morgan fingerprint density at radius 2 is 1.97 bits per heavy atom. The van der Waals surface area contributed by atoms with Crippen LogP contribution in [0.15, 0.2) is 18.2 Å². The van der Waals surface area contributed by atoms with Crippen LogP contribution in [0, 0.1) is 34.8 Å². The molecule has 188 valence electrons.